The van der Waals surface area contributed by atoms with Gasteiger partial charge >= 0.3 is 5.97 Å². The van der Waals surface area contributed by atoms with Gasteiger partial charge in [0.1, 0.15) is 0 Å². The first-order valence-electron chi connectivity index (χ1n) is 5.61. The second kappa shape index (κ2) is 4.75. The van der Waals surface area contributed by atoms with E-state index in [4.69, 9.17) is 10.8 Å². The standard InChI is InChI=1S/C11H18N4O3/c1-6(9(12)16)5-15-8(11(2,3)4)7(10(17)18)13-14-15/h6H,5H2,1-4H3,(H2,12,16)(H,17,18). The van der Waals surface area contributed by atoms with Gasteiger partial charge in [0, 0.05) is 5.41 Å². The summed E-state index contributed by atoms with van der Waals surface area (Å²) in [7, 11) is 0. The predicted octanol–water partition coefficient (Wildman–Crippen LogP) is 0.395. The summed E-state index contributed by atoms with van der Waals surface area (Å²) in [6.07, 6.45) is 0. The first kappa shape index (κ1) is 14.1. The molecule has 0 saturated carbocycles. The molecule has 0 bridgehead atoms. The van der Waals surface area contributed by atoms with Gasteiger partial charge in [0.25, 0.3) is 0 Å². The molecule has 0 radical (unpaired) electrons. The fraction of sp³-hybridized carbons (Fsp3) is 0.636. The van der Waals surface area contributed by atoms with Crippen molar-refractivity contribution < 1.29 is 14.7 Å². The number of aromatic nitrogens is 3. The molecule has 3 N–H and O–H groups in total. The number of carbonyl (C=O) groups is 2. The van der Waals surface area contributed by atoms with Crippen LogP contribution in [0.15, 0.2) is 0 Å². The maximum atomic E-state index is 11.1. The highest BCUT2D eigenvalue weighted by atomic mass is 16.4. The van der Waals surface area contributed by atoms with Crippen molar-refractivity contribution in [1.82, 2.24) is 15.0 Å². The van der Waals surface area contributed by atoms with Gasteiger partial charge in [0.05, 0.1) is 18.2 Å². The molecule has 1 amide bonds. The van der Waals surface area contributed by atoms with Crippen LogP contribution in [-0.2, 0) is 16.8 Å². The van der Waals surface area contributed by atoms with Crippen molar-refractivity contribution in [3.8, 4) is 0 Å². The Morgan fingerprint density at radius 1 is 1.44 bits per heavy atom. The Balaban J connectivity index is 3.21. The van der Waals surface area contributed by atoms with Crippen LogP contribution in [0.25, 0.3) is 0 Å². The lowest BCUT2D eigenvalue weighted by Crippen LogP contribution is -2.28. The molecule has 1 atom stereocenters. The van der Waals surface area contributed by atoms with Gasteiger partial charge < -0.3 is 10.8 Å². The van der Waals surface area contributed by atoms with Crippen LogP contribution in [-0.4, -0.2) is 32.0 Å². The Bertz CT molecular complexity index is 473. The minimum absolute atomic E-state index is 0.0841. The van der Waals surface area contributed by atoms with E-state index in [1.165, 1.54) is 4.68 Å². The molecule has 0 aromatic carbocycles. The topological polar surface area (TPSA) is 111 Å². The van der Waals surface area contributed by atoms with Crippen molar-refractivity contribution in [2.24, 2.45) is 11.7 Å². The molecule has 7 nitrogen and oxygen atoms in total. The monoisotopic (exact) mass is 254 g/mol. The molecule has 0 saturated heterocycles. The molecule has 7 heteroatoms. The number of nitrogens with zero attached hydrogens (tertiary/aromatic N) is 3. The van der Waals surface area contributed by atoms with E-state index in [1.54, 1.807) is 6.92 Å². The number of hydrogen-bond donors (Lipinski definition) is 2. The Morgan fingerprint density at radius 2 is 2.00 bits per heavy atom. The van der Waals surface area contributed by atoms with Crippen molar-refractivity contribution in [1.29, 1.82) is 0 Å². The van der Waals surface area contributed by atoms with Crippen LogP contribution >= 0.6 is 0 Å². The average molecular weight is 254 g/mol. The highest BCUT2D eigenvalue weighted by Crippen LogP contribution is 2.25. The van der Waals surface area contributed by atoms with Crippen molar-refractivity contribution in [3.05, 3.63) is 11.4 Å². The number of aromatic carboxylic acids is 1. The number of hydrogen-bond acceptors (Lipinski definition) is 4. The summed E-state index contributed by atoms with van der Waals surface area (Å²) in [6.45, 7) is 7.48. The number of amides is 1. The number of rotatable bonds is 4. The van der Waals surface area contributed by atoms with Crippen LogP contribution in [0, 0.1) is 5.92 Å². The van der Waals surface area contributed by atoms with Crippen LogP contribution in [0.2, 0.25) is 0 Å². The number of carbonyl (C=O) groups excluding carboxylic acids is 1. The molecule has 0 aliphatic carbocycles. The number of primary amides is 1. The summed E-state index contributed by atoms with van der Waals surface area (Å²) in [6, 6.07) is 0. The summed E-state index contributed by atoms with van der Waals surface area (Å²) >= 11 is 0. The second-order valence-corrected chi connectivity index (χ2v) is 5.33. The van der Waals surface area contributed by atoms with E-state index >= 15 is 0 Å². The molecular formula is C11H18N4O3. The molecule has 0 aliphatic heterocycles. The fourth-order valence-electron chi connectivity index (χ4n) is 1.68. The number of carboxylic acids is 1. The van der Waals surface area contributed by atoms with Crippen molar-refractivity contribution in [3.63, 3.8) is 0 Å². The molecule has 1 heterocycles. The predicted molar refractivity (Wildman–Crippen MR) is 64.0 cm³/mol. The fourth-order valence-corrected chi connectivity index (χ4v) is 1.68. The smallest absolute Gasteiger partial charge is 0.358 e. The highest BCUT2D eigenvalue weighted by Gasteiger charge is 2.29. The SMILES string of the molecule is CC(Cn1nnc(C(=O)O)c1C(C)(C)C)C(N)=O. The Morgan fingerprint density at radius 3 is 2.39 bits per heavy atom. The van der Waals surface area contributed by atoms with Gasteiger partial charge in [-0.3, -0.25) is 4.79 Å². The van der Waals surface area contributed by atoms with Gasteiger partial charge in [-0.15, -0.1) is 5.10 Å². The van der Waals surface area contributed by atoms with E-state index in [0.29, 0.717) is 5.69 Å². The Kier molecular flexibility index (Phi) is 3.73. The van der Waals surface area contributed by atoms with E-state index < -0.39 is 23.2 Å². The Hall–Kier alpha value is -1.92. The van der Waals surface area contributed by atoms with Crippen LogP contribution in [0.3, 0.4) is 0 Å². The maximum absolute atomic E-state index is 11.1. The number of carboxylic acid groups (broad SMARTS) is 1. The summed E-state index contributed by atoms with van der Waals surface area (Å²) in [4.78, 5) is 22.1. The minimum atomic E-state index is -1.13. The highest BCUT2D eigenvalue weighted by molar-refractivity contribution is 5.86. The molecule has 1 rings (SSSR count). The molecule has 0 fully saturated rings. The Labute approximate surface area is 105 Å². The zero-order valence-electron chi connectivity index (χ0n) is 11.0. The van der Waals surface area contributed by atoms with Gasteiger partial charge in [-0.2, -0.15) is 0 Å². The van der Waals surface area contributed by atoms with Gasteiger partial charge in [-0.05, 0) is 0 Å². The lowest BCUT2D eigenvalue weighted by atomic mass is 9.90. The van der Waals surface area contributed by atoms with Crippen LogP contribution in [0.4, 0.5) is 0 Å². The van der Waals surface area contributed by atoms with E-state index in [9.17, 15) is 9.59 Å². The van der Waals surface area contributed by atoms with Crippen molar-refractivity contribution in [2.75, 3.05) is 0 Å². The van der Waals surface area contributed by atoms with Crippen molar-refractivity contribution in [2.45, 2.75) is 39.7 Å². The largest absolute Gasteiger partial charge is 0.476 e. The molecule has 0 aliphatic rings. The van der Waals surface area contributed by atoms with Gasteiger partial charge in [-0.1, -0.05) is 32.9 Å². The number of nitrogens with two attached hydrogens (primary N) is 1. The molecule has 100 valence electrons. The molecule has 0 spiro atoms. The molecule has 1 aromatic heterocycles. The van der Waals surface area contributed by atoms with E-state index in [1.807, 2.05) is 20.8 Å². The van der Waals surface area contributed by atoms with Gasteiger partial charge in [-0.25, -0.2) is 9.48 Å². The minimum Gasteiger partial charge on any atom is -0.476 e. The average Bonchev–Trinajstić information content (AvgIpc) is 2.60. The first-order chi connectivity index (χ1) is 8.14. The molecule has 1 aromatic rings. The summed E-state index contributed by atoms with van der Waals surface area (Å²) in [5.41, 5.74) is 5.16. The third kappa shape index (κ3) is 2.85. The van der Waals surface area contributed by atoms with Crippen LogP contribution in [0.1, 0.15) is 43.9 Å². The lowest BCUT2D eigenvalue weighted by molar-refractivity contribution is -0.121. The summed E-state index contributed by atoms with van der Waals surface area (Å²) in [5, 5.41) is 16.5. The summed E-state index contributed by atoms with van der Waals surface area (Å²) < 4.78 is 1.44. The summed E-state index contributed by atoms with van der Waals surface area (Å²) in [5.74, 6) is -2.02. The van der Waals surface area contributed by atoms with Gasteiger partial charge in [0.15, 0.2) is 5.69 Å². The quantitative estimate of drug-likeness (QED) is 0.807. The third-order valence-corrected chi connectivity index (χ3v) is 2.58. The second-order valence-electron chi connectivity index (χ2n) is 5.33. The molecule has 18 heavy (non-hydrogen) atoms. The van der Waals surface area contributed by atoms with Crippen LogP contribution < -0.4 is 5.73 Å². The van der Waals surface area contributed by atoms with Gasteiger partial charge in [0.2, 0.25) is 5.91 Å². The van der Waals surface area contributed by atoms with E-state index in [0.717, 1.165) is 0 Å². The van der Waals surface area contributed by atoms with E-state index in [2.05, 4.69) is 10.3 Å². The molecule has 1 unspecified atom stereocenters. The lowest BCUT2D eigenvalue weighted by Gasteiger charge is -2.21. The zero-order chi connectivity index (χ0) is 14.1. The molecular weight excluding hydrogens is 236 g/mol. The van der Waals surface area contributed by atoms with Crippen molar-refractivity contribution >= 4 is 11.9 Å². The third-order valence-electron chi connectivity index (χ3n) is 2.58. The zero-order valence-corrected chi connectivity index (χ0v) is 11.0. The first-order valence-corrected chi connectivity index (χ1v) is 5.61. The normalized spacial score (nSPS) is 13.3. The van der Waals surface area contributed by atoms with Crippen LogP contribution in [0.5, 0.6) is 0 Å². The maximum Gasteiger partial charge on any atom is 0.358 e. The van der Waals surface area contributed by atoms with E-state index in [-0.39, 0.29) is 12.2 Å².